The number of alkyl halides is 6. The summed E-state index contributed by atoms with van der Waals surface area (Å²) in [6, 6.07) is 8.31. The minimum atomic E-state index is -4.73. The molecule has 3 rings (SSSR count). The minimum Gasteiger partial charge on any atom is -0.490 e. The molecule has 0 amide bonds. The van der Waals surface area contributed by atoms with E-state index in [0.29, 0.717) is 17.5 Å². The Labute approximate surface area is 192 Å². The van der Waals surface area contributed by atoms with Crippen LogP contribution in [0.5, 0.6) is 5.75 Å². The van der Waals surface area contributed by atoms with E-state index in [9.17, 15) is 30.7 Å². The van der Waals surface area contributed by atoms with Gasteiger partial charge in [-0.1, -0.05) is 19.3 Å². The van der Waals surface area contributed by atoms with Crippen molar-refractivity contribution in [3.63, 3.8) is 0 Å². The first-order chi connectivity index (χ1) is 15.9. The summed E-state index contributed by atoms with van der Waals surface area (Å²) >= 11 is 0. The standard InChI is InChI=1S/C24H26F7NO2/c25-20-11-6-17(23(26,27)28)12-16(20)13-21(15-4-2-1-3-5-15)34-19-9-7-18(8-10-19)32-14-22(33)24(29,30)31/h6-12,15,21-22,32-33H,1-5,13-14H2. The number of hydrogen-bond donors (Lipinski definition) is 2. The zero-order valence-corrected chi connectivity index (χ0v) is 18.2. The van der Waals surface area contributed by atoms with E-state index in [0.717, 1.165) is 44.2 Å². The van der Waals surface area contributed by atoms with Crippen LogP contribution in [0.1, 0.15) is 43.2 Å². The molecule has 0 spiro atoms. The van der Waals surface area contributed by atoms with Crippen molar-refractivity contribution in [2.75, 3.05) is 11.9 Å². The maximum absolute atomic E-state index is 14.4. The molecule has 0 aliphatic heterocycles. The van der Waals surface area contributed by atoms with Crippen molar-refractivity contribution < 1.29 is 40.6 Å². The molecule has 0 heterocycles. The molecule has 0 aromatic heterocycles. The second-order valence-corrected chi connectivity index (χ2v) is 8.53. The van der Waals surface area contributed by atoms with Crippen LogP contribution in [-0.2, 0) is 12.6 Å². The van der Waals surface area contributed by atoms with Gasteiger partial charge in [-0.2, -0.15) is 26.3 Å². The van der Waals surface area contributed by atoms with E-state index in [1.165, 1.54) is 24.3 Å². The lowest BCUT2D eigenvalue weighted by atomic mass is 9.82. The van der Waals surface area contributed by atoms with Gasteiger partial charge in [-0.3, -0.25) is 0 Å². The third kappa shape index (κ3) is 7.25. The smallest absolute Gasteiger partial charge is 0.416 e. The third-order valence-electron chi connectivity index (χ3n) is 5.99. The first kappa shape index (κ1) is 26.1. The van der Waals surface area contributed by atoms with Gasteiger partial charge in [-0.15, -0.1) is 0 Å². The van der Waals surface area contributed by atoms with Gasteiger partial charge < -0.3 is 15.2 Å². The number of benzene rings is 2. The van der Waals surface area contributed by atoms with Crippen molar-refractivity contribution in [1.82, 2.24) is 0 Å². The van der Waals surface area contributed by atoms with E-state index in [4.69, 9.17) is 9.84 Å². The molecule has 0 radical (unpaired) electrons. The van der Waals surface area contributed by atoms with Gasteiger partial charge in [0.1, 0.15) is 17.7 Å². The Kier molecular flexibility index (Phi) is 8.33. The summed E-state index contributed by atoms with van der Waals surface area (Å²) in [7, 11) is 0. The third-order valence-corrected chi connectivity index (χ3v) is 5.99. The van der Waals surface area contributed by atoms with Gasteiger partial charge in [0.05, 0.1) is 5.56 Å². The zero-order valence-electron chi connectivity index (χ0n) is 18.2. The van der Waals surface area contributed by atoms with E-state index >= 15 is 0 Å². The molecule has 2 aromatic carbocycles. The lowest BCUT2D eigenvalue weighted by molar-refractivity contribution is -0.198. The Morgan fingerprint density at radius 1 is 0.941 bits per heavy atom. The molecular weight excluding hydrogens is 467 g/mol. The summed E-state index contributed by atoms with van der Waals surface area (Å²) < 4.78 is 97.1. The van der Waals surface area contributed by atoms with Crippen LogP contribution < -0.4 is 10.1 Å². The largest absolute Gasteiger partial charge is 0.490 e. The molecule has 1 aliphatic carbocycles. The molecule has 1 aliphatic rings. The maximum Gasteiger partial charge on any atom is 0.416 e. The van der Waals surface area contributed by atoms with Crippen LogP contribution in [0.2, 0.25) is 0 Å². The normalized spacial score (nSPS) is 17.3. The van der Waals surface area contributed by atoms with Gasteiger partial charge in [-0.05, 0) is 66.8 Å². The molecule has 2 atom stereocenters. The van der Waals surface area contributed by atoms with Crippen molar-refractivity contribution in [3.8, 4) is 5.75 Å². The number of aliphatic hydroxyl groups excluding tert-OH is 1. The van der Waals surface area contributed by atoms with Crippen LogP contribution in [0.4, 0.5) is 36.4 Å². The number of ether oxygens (including phenoxy) is 1. The van der Waals surface area contributed by atoms with Crippen molar-refractivity contribution in [1.29, 1.82) is 0 Å². The van der Waals surface area contributed by atoms with E-state index in [1.807, 2.05) is 0 Å². The van der Waals surface area contributed by atoms with Crippen LogP contribution in [0, 0.1) is 11.7 Å². The van der Waals surface area contributed by atoms with Gasteiger partial charge in [0.2, 0.25) is 0 Å². The molecule has 34 heavy (non-hydrogen) atoms. The average Bonchev–Trinajstić information content (AvgIpc) is 2.78. The highest BCUT2D eigenvalue weighted by molar-refractivity contribution is 5.46. The first-order valence-corrected chi connectivity index (χ1v) is 11.0. The number of nitrogens with one attached hydrogen (secondary N) is 1. The van der Waals surface area contributed by atoms with E-state index in [-0.39, 0.29) is 17.9 Å². The van der Waals surface area contributed by atoms with Crippen LogP contribution >= 0.6 is 0 Å². The predicted molar refractivity (Wildman–Crippen MR) is 113 cm³/mol. The highest BCUT2D eigenvalue weighted by Gasteiger charge is 2.38. The fourth-order valence-electron chi connectivity index (χ4n) is 4.09. The summed E-state index contributed by atoms with van der Waals surface area (Å²) in [5, 5.41) is 11.6. The molecule has 2 aromatic rings. The van der Waals surface area contributed by atoms with Gasteiger partial charge in [0, 0.05) is 18.7 Å². The van der Waals surface area contributed by atoms with Crippen molar-refractivity contribution in [2.45, 2.75) is 63.1 Å². The Balaban J connectivity index is 1.73. The fourth-order valence-corrected chi connectivity index (χ4v) is 4.09. The van der Waals surface area contributed by atoms with Gasteiger partial charge >= 0.3 is 12.4 Å². The summed E-state index contributed by atoms with van der Waals surface area (Å²) in [4.78, 5) is 0. The van der Waals surface area contributed by atoms with E-state index in [1.54, 1.807) is 0 Å². The zero-order chi connectivity index (χ0) is 24.9. The average molecular weight is 493 g/mol. The lowest BCUT2D eigenvalue weighted by Crippen LogP contribution is -2.35. The molecule has 2 unspecified atom stereocenters. The highest BCUT2D eigenvalue weighted by atomic mass is 19.4. The molecule has 0 bridgehead atoms. The molecule has 2 N–H and O–H groups in total. The Morgan fingerprint density at radius 2 is 1.59 bits per heavy atom. The lowest BCUT2D eigenvalue weighted by Gasteiger charge is -2.31. The topological polar surface area (TPSA) is 41.5 Å². The molecule has 1 saturated carbocycles. The van der Waals surface area contributed by atoms with Gasteiger partial charge in [-0.25, -0.2) is 4.39 Å². The molecule has 10 heteroatoms. The number of hydrogen-bond acceptors (Lipinski definition) is 3. The van der Waals surface area contributed by atoms with Gasteiger partial charge in [0.25, 0.3) is 0 Å². The molecule has 188 valence electrons. The number of anilines is 1. The van der Waals surface area contributed by atoms with E-state index in [2.05, 4.69) is 5.32 Å². The van der Waals surface area contributed by atoms with Gasteiger partial charge in [0.15, 0.2) is 6.10 Å². The molecule has 1 fully saturated rings. The van der Waals surface area contributed by atoms with Crippen molar-refractivity contribution in [3.05, 3.63) is 59.4 Å². The Morgan fingerprint density at radius 3 is 2.18 bits per heavy atom. The quantitative estimate of drug-likeness (QED) is 0.400. The SMILES string of the molecule is OC(CNc1ccc(OC(Cc2cc(C(F)(F)F)ccc2F)C2CCCCC2)cc1)C(F)(F)F. The second kappa shape index (κ2) is 10.8. The molecule has 3 nitrogen and oxygen atoms in total. The van der Waals surface area contributed by atoms with E-state index < -0.39 is 42.5 Å². The van der Waals surface area contributed by atoms with Crippen LogP contribution in [-0.4, -0.2) is 30.0 Å². The number of rotatable bonds is 8. The summed E-state index contributed by atoms with van der Waals surface area (Å²) in [5.74, 6) is -0.340. The predicted octanol–water partition coefficient (Wildman–Crippen LogP) is 6.75. The minimum absolute atomic E-state index is 0.0300. The number of halogens is 7. The Bertz CT molecular complexity index is 922. The highest BCUT2D eigenvalue weighted by Crippen LogP contribution is 2.34. The van der Waals surface area contributed by atoms with Crippen molar-refractivity contribution in [2.24, 2.45) is 5.92 Å². The van der Waals surface area contributed by atoms with Crippen LogP contribution in [0.15, 0.2) is 42.5 Å². The monoisotopic (exact) mass is 493 g/mol. The first-order valence-electron chi connectivity index (χ1n) is 11.0. The van der Waals surface area contributed by atoms with Crippen LogP contribution in [0.25, 0.3) is 0 Å². The summed E-state index contributed by atoms with van der Waals surface area (Å²) in [5.41, 5.74) is -0.679. The Hall–Kier alpha value is -2.49. The van der Waals surface area contributed by atoms with Crippen LogP contribution in [0.3, 0.4) is 0 Å². The summed E-state index contributed by atoms with van der Waals surface area (Å²) in [6.07, 6.45) is -7.90. The fraction of sp³-hybridized carbons (Fsp3) is 0.500. The molecular formula is C24H26F7NO2. The molecule has 0 saturated heterocycles. The maximum atomic E-state index is 14.4. The summed E-state index contributed by atoms with van der Waals surface area (Å²) in [6.45, 7) is -0.719. The number of aliphatic hydroxyl groups is 1. The van der Waals surface area contributed by atoms with Crippen molar-refractivity contribution >= 4 is 5.69 Å². The second-order valence-electron chi connectivity index (χ2n) is 8.53.